The number of rotatable bonds is 2. The Morgan fingerprint density at radius 1 is 1.45 bits per heavy atom. The first-order valence-electron chi connectivity index (χ1n) is 7.10. The Bertz CT molecular complexity index is 532. The number of nitrogens with zero attached hydrogens (tertiary/aromatic N) is 1. The lowest BCUT2D eigenvalue weighted by Gasteiger charge is -2.27. The van der Waals surface area contributed by atoms with Gasteiger partial charge in [-0.3, -0.25) is 0 Å². The van der Waals surface area contributed by atoms with E-state index < -0.39 is 0 Å². The van der Waals surface area contributed by atoms with E-state index >= 15 is 0 Å². The highest BCUT2D eigenvalue weighted by molar-refractivity contribution is 5.92. The molecule has 3 atom stereocenters. The minimum atomic E-state index is -0.104. The summed E-state index contributed by atoms with van der Waals surface area (Å²) in [5.74, 6) is 0. The second kappa shape index (κ2) is 5.07. The van der Waals surface area contributed by atoms with Crippen molar-refractivity contribution in [3.8, 4) is 0 Å². The Kier molecular flexibility index (Phi) is 3.40. The second-order valence-electron chi connectivity index (χ2n) is 5.79. The summed E-state index contributed by atoms with van der Waals surface area (Å²) in [5, 5.41) is 2.87. The molecule has 108 valence electrons. The van der Waals surface area contributed by atoms with Crippen molar-refractivity contribution in [1.82, 2.24) is 4.90 Å². The topological polar surface area (TPSA) is 67.6 Å². The van der Waals surface area contributed by atoms with Gasteiger partial charge in [0.2, 0.25) is 0 Å². The number of ether oxygens (including phenoxy) is 1. The van der Waals surface area contributed by atoms with Crippen LogP contribution >= 0.6 is 0 Å². The number of fused-ring (bicyclic) bond motifs is 1. The van der Waals surface area contributed by atoms with Gasteiger partial charge in [-0.25, -0.2) is 4.79 Å². The van der Waals surface area contributed by atoms with E-state index in [-0.39, 0.29) is 18.2 Å². The molecule has 3 rings (SSSR count). The van der Waals surface area contributed by atoms with Gasteiger partial charge in [0.05, 0.1) is 18.2 Å². The zero-order chi connectivity index (χ0) is 14.3. The maximum absolute atomic E-state index is 11.6. The largest absolute Gasteiger partial charge is 0.373 e. The van der Waals surface area contributed by atoms with E-state index in [1.165, 1.54) is 0 Å². The molecule has 1 aromatic rings. The zero-order valence-electron chi connectivity index (χ0n) is 11.9. The van der Waals surface area contributed by atoms with Crippen LogP contribution in [0, 0.1) is 0 Å². The average molecular weight is 275 g/mol. The molecule has 2 heterocycles. The molecule has 20 heavy (non-hydrogen) atoms. The van der Waals surface area contributed by atoms with Crippen LogP contribution in [-0.4, -0.2) is 30.2 Å². The summed E-state index contributed by atoms with van der Waals surface area (Å²) in [7, 11) is 1.78. The van der Waals surface area contributed by atoms with E-state index in [2.05, 4.69) is 18.3 Å². The summed E-state index contributed by atoms with van der Waals surface area (Å²) in [6.45, 7) is 2.70. The molecule has 0 aliphatic carbocycles. The lowest BCUT2D eigenvalue weighted by atomic mass is 9.97. The Morgan fingerprint density at radius 3 is 2.95 bits per heavy atom. The maximum atomic E-state index is 11.6. The molecule has 0 aromatic heterocycles. The van der Waals surface area contributed by atoms with Crippen molar-refractivity contribution in [2.45, 2.75) is 44.6 Å². The number of benzene rings is 1. The van der Waals surface area contributed by atoms with Gasteiger partial charge in [0, 0.05) is 19.3 Å². The first-order valence-corrected chi connectivity index (χ1v) is 7.10. The van der Waals surface area contributed by atoms with E-state index in [0.29, 0.717) is 12.6 Å². The van der Waals surface area contributed by atoms with Gasteiger partial charge < -0.3 is 20.7 Å². The van der Waals surface area contributed by atoms with E-state index in [0.717, 1.165) is 29.7 Å². The van der Waals surface area contributed by atoms with Crippen LogP contribution < -0.4 is 11.1 Å². The summed E-state index contributed by atoms with van der Waals surface area (Å²) in [6, 6.07) is 5.84. The molecule has 1 aromatic carbocycles. The third-order valence-corrected chi connectivity index (χ3v) is 4.18. The minimum absolute atomic E-state index is 0.0671. The van der Waals surface area contributed by atoms with Gasteiger partial charge in [0.15, 0.2) is 0 Å². The summed E-state index contributed by atoms with van der Waals surface area (Å²) < 4.78 is 5.85. The second-order valence-corrected chi connectivity index (χ2v) is 5.79. The third-order valence-electron chi connectivity index (χ3n) is 4.18. The summed E-state index contributed by atoms with van der Waals surface area (Å²) >= 11 is 0. The summed E-state index contributed by atoms with van der Waals surface area (Å²) in [5.41, 5.74) is 9.39. The smallest absolute Gasteiger partial charge is 0.321 e. The molecule has 3 unspecified atom stereocenters. The number of carbonyl (C=O) groups is 1. The van der Waals surface area contributed by atoms with Crippen LogP contribution in [0.1, 0.15) is 36.9 Å². The lowest BCUT2D eigenvalue weighted by molar-refractivity contribution is 0.0401. The normalized spacial score (nSPS) is 27.1. The standard InChI is InChI=1S/C15H21N3O2/c1-9-3-6-13(20-9)14(16)10-4-5-12-11(7-10)8-18(2)15(19)17-12/h4-5,7,9,13-14H,3,6,8,16H2,1-2H3,(H,17,19). The van der Waals surface area contributed by atoms with Crippen LogP contribution in [0.2, 0.25) is 0 Å². The van der Waals surface area contributed by atoms with E-state index in [4.69, 9.17) is 10.5 Å². The number of nitrogens with two attached hydrogens (primary N) is 1. The van der Waals surface area contributed by atoms with Crippen LogP contribution in [0.5, 0.6) is 0 Å². The molecule has 1 saturated heterocycles. The van der Waals surface area contributed by atoms with Crippen molar-refractivity contribution in [3.05, 3.63) is 29.3 Å². The molecule has 0 radical (unpaired) electrons. The molecular weight excluding hydrogens is 254 g/mol. The first kappa shape index (κ1) is 13.4. The minimum Gasteiger partial charge on any atom is -0.373 e. The number of carbonyl (C=O) groups excluding carboxylic acids is 1. The third kappa shape index (κ3) is 2.39. The molecule has 5 nitrogen and oxygen atoms in total. The Labute approximate surface area is 119 Å². The molecule has 2 amide bonds. The predicted octanol–water partition coefficient (Wildman–Crippen LogP) is 2.23. The monoisotopic (exact) mass is 275 g/mol. The molecule has 2 aliphatic heterocycles. The highest BCUT2D eigenvalue weighted by Gasteiger charge is 2.29. The van der Waals surface area contributed by atoms with Crippen LogP contribution in [-0.2, 0) is 11.3 Å². The van der Waals surface area contributed by atoms with Gasteiger partial charge in [-0.2, -0.15) is 0 Å². The van der Waals surface area contributed by atoms with Crippen molar-refractivity contribution >= 4 is 11.7 Å². The van der Waals surface area contributed by atoms with Gasteiger partial charge in [0.1, 0.15) is 0 Å². The molecular formula is C15H21N3O2. The predicted molar refractivity (Wildman–Crippen MR) is 77.4 cm³/mol. The molecule has 0 bridgehead atoms. The SMILES string of the molecule is CC1CCC(C(N)c2ccc3c(c2)CN(C)C(=O)N3)O1. The Morgan fingerprint density at radius 2 is 2.25 bits per heavy atom. The van der Waals surface area contributed by atoms with E-state index in [9.17, 15) is 4.79 Å². The molecule has 0 spiro atoms. The summed E-state index contributed by atoms with van der Waals surface area (Å²) in [6.07, 6.45) is 2.48. The van der Waals surface area contributed by atoms with Crippen molar-refractivity contribution in [2.75, 3.05) is 12.4 Å². The van der Waals surface area contributed by atoms with Gasteiger partial charge >= 0.3 is 6.03 Å². The van der Waals surface area contributed by atoms with E-state index in [1.54, 1.807) is 11.9 Å². The number of nitrogens with one attached hydrogen (secondary N) is 1. The van der Waals surface area contributed by atoms with Gasteiger partial charge in [-0.1, -0.05) is 12.1 Å². The van der Waals surface area contributed by atoms with Crippen LogP contribution in [0.15, 0.2) is 18.2 Å². The summed E-state index contributed by atoms with van der Waals surface area (Å²) in [4.78, 5) is 13.2. The number of amides is 2. The van der Waals surface area contributed by atoms with Crippen molar-refractivity contribution in [2.24, 2.45) is 5.73 Å². The molecule has 5 heteroatoms. The average Bonchev–Trinajstić information content (AvgIpc) is 2.85. The number of urea groups is 1. The van der Waals surface area contributed by atoms with Crippen LogP contribution in [0.25, 0.3) is 0 Å². The molecule has 0 saturated carbocycles. The lowest BCUT2D eigenvalue weighted by Crippen LogP contribution is -2.35. The molecule has 3 N–H and O–H groups in total. The highest BCUT2D eigenvalue weighted by atomic mass is 16.5. The Hall–Kier alpha value is -1.59. The highest BCUT2D eigenvalue weighted by Crippen LogP contribution is 2.31. The maximum Gasteiger partial charge on any atom is 0.321 e. The molecule has 2 aliphatic rings. The Balaban J connectivity index is 1.82. The van der Waals surface area contributed by atoms with Crippen molar-refractivity contribution < 1.29 is 9.53 Å². The quantitative estimate of drug-likeness (QED) is 0.869. The van der Waals surface area contributed by atoms with Crippen molar-refractivity contribution in [1.29, 1.82) is 0 Å². The van der Waals surface area contributed by atoms with Gasteiger partial charge in [-0.05, 0) is 37.0 Å². The molecule has 1 fully saturated rings. The van der Waals surface area contributed by atoms with E-state index in [1.807, 2.05) is 12.1 Å². The number of hydrogen-bond acceptors (Lipinski definition) is 3. The van der Waals surface area contributed by atoms with Crippen LogP contribution in [0.3, 0.4) is 0 Å². The fourth-order valence-electron chi connectivity index (χ4n) is 2.92. The first-order chi connectivity index (χ1) is 9.54. The zero-order valence-corrected chi connectivity index (χ0v) is 11.9. The van der Waals surface area contributed by atoms with Gasteiger partial charge in [0.25, 0.3) is 0 Å². The fraction of sp³-hybridized carbons (Fsp3) is 0.533. The van der Waals surface area contributed by atoms with Crippen LogP contribution in [0.4, 0.5) is 10.5 Å². The fourth-order valence-corrected chi connectivity index (χ4v) is 2.92. The van der Waals surface area contributed by atoms with Gasteiger partial charge in [-0.15, -0.1) is 0 Å². The number of hydrogen-bond donors (Lipinski definition) is 2. The number of anilines is 1. The van der Waals surface area contributed by atoms with Crippen molar-refractivity contribution in [3.63, 3.8) is 0 Å².